The van der Waals surface area contributed by atoms with Crippen molar-refractivity contribution in [1.29, 1.82) is 0 Å². The Kier molecular flexibility index (Phi) is 2.60. The molecule has 2 aromatic carbocycles. The second kappa shape index (κ2) is 4.14. The topological polar surface area (TPSA) is 28.7 Å². The van der Waals surface area contributed by atoms with Crippen LogP contribution in [-0.2, 0) is 0 Å². The quantitative estimate of drug-likeness (QED) is 0.682. The minimum absolute atomic E-state index is 0.759. The van der Waals surface area contributed by atoms with Crippen LogP contribution < -0.4 is 0 Å². The molecule has 1 aromatic heterocycles. The van der Waals surface area contributed by atoms with Crippen molar-refractivity contribution < 1.29 is 0 Å². The Morgan fingerprint density at radius 3 is 2.50 bits per heavy atom. The summed E-state index contributed by atoms with van der Waals surface area (Å²) in [5.74, 6) is 0.827. The van der Waals surface area contributed by atoms with E-state index in [2.05, 4.69) is 23.0 Å². The van der Waals surface area contributed by atoms with Crippen LogP contribution in [0.2, 0.25) is 5.02 Å². The molecule has 0 spiro atoms. The van der Waals surface area contributed by atoms with E-state index in [1.165, 1.54) is 5.56 Å². The zero-order valence-corrected chi connectivity index (χ0v) is 11.0. The first-order valence-electron chi connectivity index (χ1n) is 5.87. The van der Waals surface area contributed by atoms with Crippen molar-refractivity contribution in [3.8, 4) is 11.4 Å². The molecule has 0 bridgehead atoms. The van der Waals surface area contributed by atoms with E-state index in [9.17, 15) is 0 Å². The summed E-state index contributed by atoms with van der Waals surface area (Å²) < 4.78 is 0. The standard InChI is InChI=1S/C15H13ClN2/c1-9-5-3-7-11(13(9)16)15-17-12-8-4-6-10(2)14(12)18-15/h3-8H,1-2H3,(H,17,18). The number of nitrogens with one attached hydrogen (secondary N) is 1. The molecule has 0 radical (unpaired) electrons. The van der Waals surface area contributed by atoms with Crippen LogP contribution in [0.25, 0.3) is 22.4 Å². The van der Waals surface area contributed by atoms with Crippen molar-refractivity contribution in [2.45, 2.75) is 13.8 Å². The summed E-state index contributed by atoms with van der Waals surface area (Å²) in [6.45, 7) is 4.06. The third-order valence-electron chi connectivity index (χ3n) is 3.16. The van der Waals surface area contributed by atoms with Crippen molar-refractivity contribution in [1.82, 2.24) is 9.97 Å². The molecule has 0 amide bonds. The molecule has 0 saturated heterocycles. The van der Waals surface area contributed by atoms with Gasteiger partial charge in [0.15, 0.2) is 0 Å². The van der Waals surface area contributed by atoms with Crippen LogP contribution in [0.15, 0.2) is 36.4 Å². The van der Waals surface area contributed by atoms with E-state index in [-0.39, 0.29) is 0 Å². The first kappa shape index (κ1) is 11.3. The largest absolute Gasteiger partial charge is 0.338 e. The Morgan fingerprint density at radius 1 is 1.00 bits per heavy atom. The smallest absolute Gasteiger partial charge is 0.140 e. The van der Waals surface area contributed by atoms with E-state index in [1.807, 2.05) is 37.3 Å². The number of fused-ring (bicyclic) bond motifs is 1. The van der Waals surface area contributed by atoms with Crippen LogP contribution in [0.4, 0.5) is 0 Å². The second-order valence-electron chi connectivity index (χ2n) is 4.49. The fraction of sp³-hybridized carbons (Fsp3) is 0.133. The molecule has 0 aliphatic heterocycles. The summed E-state index contributed by atoms with van der Waals surface area (Å²) in [7, 11) is 0. The molecule has 3 rings (SSSR count). The predicted molar refractivity (Wildman–Crippen MR) is 76.0 cm³/mol. The number of halogens is 1. The Morgan fingerprint density at radius 2 is 1.72 bits per heavy atom. The normalized spacial score (nSPS) is 11.1. The van der Waals surface area contributed by atoms with E-state index < -0.39 is 0 Å². The van der Waals surface area contributed by atoms with Gasteiger partial charge in [-0.3, -0.25) is 0 Å². The first-order chi connectivity index (χ1) is 8.66. The molecule has 1 heterocycles. The van der Waals surface area contributed by atoms with Gasteiger partial charge >= 0.3 is 0 Å². The number of benzene rings is 2. The van der Waals surface area contributed by atoms with Gasteiger partial charge in [0.05, 0.1) is 16.1 Å². The van der Waals surface area contributed by atoms with Gasteiger partial charge in [0.25, 0.3) is 0 Å². The highest BCUT2D eigenvalue weighted by molar-refractivity contribution is 6.34. The number of aromatic nitrogens is 2. The van der Waals surface area contributed by atoms with Crippen LogP contribution in [0.5, 0.6) is 0 Å². The fourth-order valence-electron chi connectivity index (χ4n) is 2.13. The number of hydrogen-bond acceptors (Lipinski definition) is 1. The maximum Gasteiger partial charge on any atom is 0.140 e. The number of hydrogen-bond donors (Lipinski definition) is 1. The van der Waals surface area contributed by atoms with Crippen LogP contribution in [0, 0.1) is 13.8 Å². The Hall–Kier alpha value is -1.80. The first-order valence-corrected chi connectivity index (χ1v) is 6.25. The molecule has 3 aromatic rings. The summed E-state index contributed by atoms with van der Waals surface area (Å²) in [6, 6.07) is 12.1. The molecule has 0 aliphatic rings. The highest BCUT2D eigenvalue weighted by Gasteiger charge is 2.10. The number of aryl methyl sites for hydroxylation is 2. The van der Waals surface area contributed by atoms with Gasteiger partial charge in [0, 0.05) is 5.56 Å². The lowest BCUT2D eigenvalue weighted by Gasteiger charge is -2.02. The lowest BCUT2D eigenvalue weighted by atomic mass is 10.1. The van der Waals surface area contributed by atoms with Gasteiger partial charge < -0.3 is 4.98 Å². The number of aromatic amines is 1. The average Bonchev–Trinajstić information content (AvgIpc) is 2.78. The number of imidazole rings is 1. The minimum atomic E-state index is 0.759. The molecule has 18 heavy (non-hydrogen) atoms. The van der Waals surface area contributed by atoms with E-state index in [4.69, 9.17) is 11.6 Å². The number of para-hydroxylation sites is 1. The Bertz CT molecular complexity index is 728. The maximum atomic E-state index is 6.34. The molecule has 0 saturated carbocycles. The highest BCUT2D eigenvalue weighted by atomic mass is 35.5. The van der Waals surface area contributed by atoms with E-state index in [0.29, 0.717) is 0 Å². The van der Waals surface area contributed by atoms with Crippen molar-refractivity contribution in [2.75, 3.05) is 0 Å². The van der Waals surface area contributed by atoms with Crippen molar-refractivity contribution in [2.24, 2.45) is 0 Å². The van der Waals surface area contributed by atoms with Crippen LogP contribution in [0.3, 0.4) is 0 Å². The van der Waals surface area contributed by atoms with Crippen molar-refractivity contribution in [3.63, 3.8) is 0 Å². The second-order valence-corrected chi connectivity index (χ2v) is 4.87. The molecular weight excluding hydrogens is 244 g/mol. The van der Waals surface area contributed by atoms with Crippen molar-refractivity contribution >= 4 is 22.6 Å². The average molecular weight is 257 g/mol. The van der Waals surface area contributed by atoms with Crippen LogP contribution >= 0.6 is 11.6 Å². The molecule has 0 unspecified atom stereocenters. The molecule has 0 fully saturated rings. The lowest BCUT2D eigenvalue weighted by molar-refractivity contribution is 1.32. The third kappa shape index (κ3) is 1.70. The Labute approximate surface area is 111 Å². The highest BCUT2D eigenvalue weighted by Crippen LogP contribution is 2.30. The maximum absolute atomic E-state index is 6.34. The van der Waals surface area contributed by atoms with E-state index in [1.54, 1.807) is 0 Å². The van der Waals surface area contributed by atoms with Gasteiger partial charge in [-0.2, -0.15) is 0 Å². The van der Waals surface area contributed by atoms with Gasteiger partial charge in [-0.15, -0.1) is 0 Å². The summed E-state index contributed by atoms with van der Waals surface area (Å²) in [5, 5.41) is 0.759. The van der Waals surface area contributed by atoms with Crippen LogP contribution in [0.1, 0.15) is 11.1 Å². The van der Waals surface area contributed by atoms with Gasteiger partial charge in [-0.05, 0) is 37.1 Å². The lowest BCUT2D eigenvalue weighted by Crippen LogP contribution is -1.84. The number of H-pyrrole nitrogens is 1. The SMILES string of the molecule is Cc1cccc(-c2nc3c(C)cccc3[nH]2)c1Cl. The zero-order valence-electron chi connectivity index (χ0n) is 10.3. The summed E-state index contributed by atoms with van der Waals surface area (Å²) >= 11 is 6.34. The fourth-order valence-corrected chi connectivity index (χ4v) is 2.35. The van der Waals surface area contributed by atoms with Gasteiger partial charge in [-0.1, -0.05) is 35.9 Å². The predicted octanol–water partition coefficient (Wildman–Crippen LogP) is 4.50. The van der Waals surface area contributed by atoms with Gasteiger partial charge in [-0.25, -0.2) is 4.98 Å². The zero-order chi connectivity index (χ0) is 12.7. The molecule has 1 N–H and O–H groups in total. The third-order valence-corrected chi connectivity index (χ3v) is 3.66. The van der Waals surface area contributed by atoms with Crippen molar-refractivity contribution in [3.05, 3.63) is 52.5 Å². The number of nitrogens with zero attached hydrogens (tertiary/aromatic N) is 1. The Balaban J connectivity index is 2.26. The molecule has 2 nitrogen and oxygen atoms in total. The summed E-state index contributed by atoms with van der Waals surface area (Å²) in [6.07, 6.45) is 0. The molecule has 3 heteroatoms. The van der Waals surface area contributed by atoms with Gasteiger partial charge in [0.2, 0.25) is 0 Å². The van der Waals surface area contributed by atoms with E-state index in [0.717, 1.165) is 33.0 Å². The van der Waals surface area contributed by atoms with Gasteiger partial charge in [0.1, 0.15) is 5.82 Å². The molecule has 90 valence electrons. The molecule has 0 atom stereocenters. The number of rotatable bonds is 1. The van der Waals surface area contributed by atoms with Crippen LogP contribution in [-0.4, -0.2) is 9.97 Å². The van der Waals surface area contributed by atoms with E-state index >= 15 is 0 Å². The molecular formula is C15H13ClN2. The summed E-state index contributed by atoms with van der Waals surface area (Å²) in [4.78, 5) is 7.97. The molecule has 0 aliphatic carbocycles. The summed E-state index contributed by atoms with van der Waals surface area (Å²) in [5.41, 5.74) is 5.23. The minimum Gasteiger partial charge on any atom is -0.338 e. The monoisotopic (exact) mass is 256 g/mol.